The highest BCUT2D eigenvalue weighted by Crippen LogP contribution is 2.22. The normalized spacial score (nSPS) is 10.6. The molecule has 0 aromatic heterocycles. The van der Waals surface area contributed by atoms with Gasteiger partial charge in [0.15, 0.2) is 0 Å². The minimum Gasteiger partial charge on any atom is -0.256 e. The van der Waals surface area contributed by atoms with Crippen LogP contribution in [0.25, 0.3) is 0 Å². The molecule has 23 heavy (non-hydrogen) atoms. The average Bonchev–Trinajstić information content (AvgIpc) is 2.62. The van der Waals surface area contributed by atoms with Crippen LogP contribution in [-0.4, -0.2) is 6.21 Å². The van der Waals surface area contributed by atoms with Gasteiger partial charge in [-0.2, -0.15) is 5.26 Å². The molecular formula is C21H16N2. The lowest BCUT2D eigenvalue weighted by Crippen LogP contribution is -1.89. The van der Waals surface area contributed by atoms with Gasteiger partial charge in [-0.05, 0) is 41.3 Å². The predicted octanol–water partition coefficient (Wildman–Crippen LogP) is 4.90. The van der Waals surface area contributed by atoms with Crippen molar-refractivity contribution in [2.75, 3.05) is 0 Å². The Bertz CT molecular complexity index is 841. The minimum absolute atomic E-state index is 0.684. The SMILES string of the molecule is N#Cc1ccc(Cc2ccccc2/N=C/c2ccccc2)cc1. The van der Waals surface area contributed by atoms with E-state index in [2.05, 4.69) is 17.1 Å². The van der Waals surface area contributed by atoms with Crippen LogP contribution in [0.3, 0.4) is 0 Å². The van der Waals surface area contributed by atoms with Crippen molar-refractivity contribution in [1.29, 1.82) is 5.26 Å². The van der Waals surface area contributed by atoms with Crippen LogP contribution in [0.15, 0.2) is 83.9 Å². The van der Waals surface area contributed by atoms with Crippen LogP contribution in [0.5, 0.6) is 0 Å². The Balaban J connectivity index is 1.83. The zero-order valence-corrected chi connectivity index (χ0v) is 12.7. The lowest BCUT2D eigenvalue weighted by molar-refractivity contribution is 1.18. The first-order valence-corrected chi connectivity index (χ1v) is 7.51. The molecule has 110 valence electrons. The maximum Gasteiger partial charge on any atom is 0.0991 e. The van der Waals surface area contributed by atoms with Crippen molar-refractivity contribution in [1.82, 2.24) is 0 Å². The maximum absolute atomic E-state index is 8.87. The summed E-state index contributed by atoms with van der Waals surface area (Å²) in [6.45, 7) is 0. The third-order valence-electron chi connectivity index (χ3n) is 3.62. The van der Waals surface area contributed by atoms with Crippen molar-refractivity contribution in [3.63, 3.8) is 0 Å². The Morgan fingerprint density at radius 1 is 0.826 bits per heavy atom. The lowest BCUT2D eigenvalue weighted by atomic mass is 10.0. The number of hydrogen-bond acceptors (Lipinski definition) is 2. The van der Waals surface area contributed by atoms with E-state index in [0.717, 1.165) is 17.7 Å². The van der Waals surface area contributed by atoms with Crippen LogP contribution in [0.1, 0.15) is 22.3 Å². The Kier molecular flexibility index (Phi) is 4.61. The largest absolute Gasteiger partial charge is 0.256 e. The van der Waals surface area contributed by atoms with Crippen LogP contribution in [0.4, 0.5) is 5.69 Å². The Morgan fingerprint density at radius 2 is 1.52 bits per heavy atom. The third kappa shape index (κ3) is 3.93. The molecule has 0 bridgehead atoms. The molecule has 0 amide bonds. The number of hydrogen-bond donors (Lipinski definition) is 0. The van der Waals surface area contributed by atoms with Crippen LogP contribution in [0, 0.1) is 11.3 Å². The third-order valence-corrected chi connectivity index (χ3v) is 3.62. The van der Waals surface area contributed by atoms with E-state index in [9.17, 15) is 0 Å². The van der Waals surface area contributed by atoms with Crippen LogP contribution in [-0.2, 0) is 6.42 Å². The fraction of sp³-hybridized carbons (Fsp3) is 0.0476. The second-order valence-corrected chi connectivity index (χ2v) is 5.28. The molecule has 3 aromatic rings. The van der Waals surface area contributed by atoms with Gasteiger partial charge >= 0.3 is 0 Å². The van der Waals surface area contributed by atoms with E-state index in [1.165, 1.54) is 11.1 Å². The molecule has 0 heterocycles. The summed E-state index contributed by atoms with van der Waals surface area (Å²) in [7, 11) is 0. The van der Waals surface area contributed by atoms with E-state index in [1.807, 2.05) is 79.0 Å². The van der Waals surface area contributed by atoms with Gasteiger partial charge in [0.1, 0.15) is 0 Å². The summed E-state index contributed by atoms with van der Waals surface area (Å²) in [6.07, 6.45) is 2.69. The Labute approximate surface area is 136 Å². The lowest BCUT2D eigenvalue weighted by Gasteiger charge is -2.06. The summed E-state index contributed by atoms with van der Waals surface area (Å²) in [5, 5.41) is 8.87. The molecule has 0 aliphatic rings. The van der Waals surface area contributed by atoms with Gasteiger partial charge in [0.05, 0.1) is 17.3 Å². The maximum atomic E-state index is 8.87. The Hall–Kier alpha value is -3.18. The number of aliphatic imine (C=N–C) groups is 1. The molecule has 2 nitrogen and oxygen atoms in total. The second-order valence-electron chi connectivity index (χ2n) is 5.28. The van der Waals surface area contributed by atoms with Gasteiger partial charge in [-0.3, -0.25) is 4.99 Å². The van der Waals surface area contributed by atoms with Crippen molar-refractivity contribution in [3.05, 3.63) is 101 Å². The zero-order chi connectivity index (χ0) is 15.9. The summed E-state index contributed by atoms with van der Waals surface area (Å²) in [4.78, 5) is 4.63. The van der Waals surface area contributed by atoms with Crippen LogP contribution < -0.4 is 0 Å². The van der Waals surface area contributed by atoms with Crippen LogP contribution >= 0.6 is 0 Å². The van der Waals surface area contributed by atoms with Gasteiger partial charge in [0.25, 0.3) is 0 Å². The first kappa shape index (κ1) is 14.7. The fourth-order valence-electron chi connectivity index (χ4n) is 2.39. The average molecular weight is 296 g/mol. The molecular weight excluding hydrogens is 280 g/mol. The van der Waals surface area contributed by atoms with Crippen LogP contribution in [0.2, 0.25) is 0 Å². The molecule has 0 spiro atoms. The zero-order valence-electron chi connectivity index (χ0n) is 12.7. The second kappa shape index (κ2) is 7.20. The monoisotopic (exact) mass is 296 g/mol. The smallest absolute Gasteiger partial charge is 0.0991 e. The van der Waals surface area contributed by atoms with E-state index < -0.39 is 0 Å². The molecule has 0 radical (unpaired) electrons. The molecule has 0 unspecified atom stereocenters. The van der Waals surface area contributed by atoms with Gasteiger partial charge in [-0.25, -0.2) is 0 Å². The molecule has 3 aromatic carbocycles. The Morgan fingerprint density at radius 3 is 2.26 bits per heavy atom. The summed E-state index contributed by atoms with van der Waals surface area (Å²) < 4.78 is 0. The van der Waals surface area contributed by atoms with Crippen molar-refractivity contribution < 1.29 is 0 Å². The fourth-order valence-corrected chi connectivity index (χ4v) is 2.39. The molecule has 0 aliphatic carbocycles. The van der Waals surface area contributed by atoms with E-state index >= 15 is 0 Å². The molecule has 0 saturated heterocycles. The standard InChI is InChI=1S/C21H16N2/c22-15-18-12-10-17(11-13-18)14-20-8-4-5-9-21(20)23-16-19-6-2-1-3-7-19/h1-13,16H,14H2/b23-16+. The van der Waals surface area contributed by atoms with Gasteiger partial charge in [-0.1, -0.05) is 60.7 Å². The first-order valence-electron chi connectivity index (χ1n) is 7.51. The summed E-state index contributed by atoms with van der Waals surface area (Å²) >= 11 is 0. The predicted molar refractivity (Wildman–Crippen MR) is 94.1 cm³/mol. The molecule has 0 atom stereocenters. The van der Waals surface area contributed by atoms with Crippen molar-refractivity contribution in [3.8, 4) is 6.07 Å². The first-order chi connectivity index (χ1) is 11.3. The van der Waals surface area contributed by atoms with Crippen molar-refractivity contribution in [2.45, 2.75) is 6.42 Å². The summed E-state index contributed by atoms with van der Waals surface area (Å²) in [5.74, 6) is 0. The number of para-hydroxylation sites is 1. The highest BCUT2D eigenvalue weighted by Gasteiger charge is 2.02. The van der Waals surface area contributed by atoms with E-state index in [1.54, 1.807) is 0 Å². The summed E-state index contributed by atoms with van der Waals surface area (Å²) in [5.41, 5.74) is 5.08. The highest BCUT2D eigenvalue weighted by atomic mass is 14.7. The number of nitrogens with zero attached hydrogens (tertiary/aromatic N) is 2. The van der Waals surface area contributed by atoms with E-state index in [0.29, 0.717) is 5.56 Å². The summed E-state index contributed by atoms with van der Waals surface area (Å²) in [6, 6.07) is 28.1. The van der Waals surface area contributed by atoms with E-state index in [-0.39, 0.29) is 0 Å². The van der Waals surface area contributed by atoms with Crippen molar-refractivity contribution >= 4 is 11.9 Å². The van der Waals surface area contributed by atoms with Gasteiger partial charge in [0.2, 0.25) is 0 Å². The number of rotatable bonds is 4. The van der Waals surface area contributed by atoms with E-state index in [4.69, 9.17) is 5.26 Å². The van der Waals surface area contributed by atoms with Crippen molar-refractivity contribution in [2.24, 2.45) is 4.99 Å². The number of benzene rings is 3. The minimum atomic E-state index is 0.684. The van der Waals surface area contributed by atoms with Gasteiger partial charge in [-0.15, -0.1) is 0 Å². The number of nitriles is 1. The van der Waals surface area contributed by atoms with Gasteiger partial charge in [0, 0.05) is 6.21 Å². The quantitative estimate of drug-likeness (QED) is 0.631. The van der Waals surface area contributed by atoms with Gasteiger partial charge < -0.3 is 0 Å². The topological polar surface area (TPSA) is 36.1 Å². The highest BCUT2D eigenvalue weighted by molar-refractivity contribution is 5.82. The molecule has 0 N–H and O–H groups in total. The molecule has 3 rings (SSSR count). The molecule has 0 aliphatic heterocycles. The molecule has 0 saturated carbocycles. The molecule has 0 fully saturated rings. The molecule has 2 heteroatoms.